The normalized spacial score (nSPS) is 26.6. The SMILES string of the molecule is O=C(N[C@H]1CCO[C@@]2(CCSC2)C1)c1n[nH]nc1-c1ccccc1. The quantitative estimate of drug-likeness (QED) is 0.893. The van der Waals surface area contributed by atoms with E-state index in [2.05, 4.69) is 20.7 Å². The third-order valence-corrected chi connectivity index (χ3v) is 5.93. The van der Waals surface area contributed by atoms with Crippen LogP contribution in [0.25, 0.3) is 11.3 Å². The fourth-order valence-corrected chi connectivity index (χ4v) is 4.83. The zero-order chi connectivity index (χ0) is 16.4. The fourth-order valence-electron chi connectivity index (χ4n) is 3.45. The summed E-state index contributed by atoms with van der Waals surface area (Å²) in [7, 11) is 0. The van der Waals surface area contributed by atoms with Gasteiger partial charge in [0.25, 0.3) is 5.91 Å². The van der Waals surface area contributed by atoms with Crippen molar-refractivity contribution in [3.05, 3.63) is 36.0 Å². The second kappa shape index (κ2) is 6.57. The Bertz CT molecular complexity index is 712. The highest BCUT2D eigenvalue weighted by molar-refractivity contribution is 7.99. The van der Waals surface area contributed by atoms with Gasteiger partial charge in [0.2, 0.25) is 0 Å². The highest BCUT2D eigenvalue weighted by atomic mass is 32.2. The van der Waals surface area contributed by atoms with Crippen molar-refractivity contribution in [1.29, 1.82) is 0 Å². The van der Waals surface area contributed by atoms with Crippen molar-refractivity contribution >= 4 is 17.7 Å². The van der Waals surface area contributed by atoms with Gasteiger partial charge in [-0.05, 0) is 25.0 Å². The number of rotatable bonds is 3. The van der Waals surface area contributed by atoms with Gasteiger partial charge in [-0.3, -0.25) is 4.79 Å². The molecule has 0 saturated carbocycles. The minimum absolute atomic E-state index is 0.0487. The number of H-pyrrole nitrogens is 1. The molecule has 2 atom stereocenters. The molecule has 0 bridgehead atoms. The van der Waals surface area contributed by atoms with Gasteiger partial charge < -0.3 is 10.1 Å². The van der Waals surface area contributed by atoms with Crippen LogP contribution < -0.4 is 5.32 Å². The first kappa shape index (κ1) is 15.7. The van der Waals surface area contributed by atoms with Crippen LogP contribution in [0.15, 0.2) is 30.3 Å². The maximum absolute atomic E-state index is 12.7. The molecule has 24 heavy (non-hydrogen) atoms. The average molecular weight is 344 g/mol. The van der Waals surface area contributed by atoms with E-state index >= 15 is 0 Å². The van der Waals surface area contributed by atoms with Crippen LogP contribution in [0.4, 0.5) is 0 Å². The number of hydrogen-bond donors (Lipinski definition) is 2. The van der Waals surface area contributed by atoms with E-state index in [9.17, 15) is 4.79 Å². The van der Waals surface area contributed by atoms with E-state index in [4.69, 9.17) is 4.74 Å². The summed E-state index contributed by atoms with van der Waals surface area (Å²) in [6.45, 7) is 0.704. The lowest BCUT2D eigenvalue weighted by atomic mass is 9.90. The summed E-state index contributed by atoms with van der Waals surface area (Å²) in [4.78, 5) is 12.7. The number of nitrogens with one attached hydrogen (secondary N) is 2. The summed E-state index contributed by atoms with van der Waals surface area (Å²) in [6, 6.07) is 9.76. The standard InChI is InChI=1S/C17H20N4O2S/c22-16(15-14(19-21-20-15)12-4-2-1-3-5-12)18-13-6-8-23-17(10-13)7-9-24-11-17/h1-5,13H,6-11H2,(H,18,22)(H,19,20,21)/t13-,17-/m0/s1. The molecule has 2 N–H and O–H groups in total. The van der Waals surface area contributed by atoms with Crippen LogP contribution in [-0.4, -0.2) is 51.1 Å². The van der Waals surface area contributed by atoms with Gasteiger partial charge in [0.1, 0.15) is 5.69 Å². The van der Waals surface area contributed by atoms with Crippen LogP contribution in [0.1, 0.15) is 29.8 Å². The number of aromatic amines is 1. The lowest BCUT2D eigenvalue weighted by Gasteiger charge is -2.37. The van der Waals surface area contributed by atoms with Crippen molar-refractivity contribution < 1.29 is 9.53 Å². The van der Waals surface area contributed by atoms with Crippen molar-refractivity contribution in [1.82, 2.24) is 20.7 Å². The molecule has 2 saturated heterocycles. The molecule has 1 aromatic heterocycles. The molecule has 2 aliphatic heterocycles. The van der Waals surface area contributed by atoms with Crippen molar-refractivity contribution in [2.45, 2.75) is 30.9 Å². The molecule has 6 nitrogen and oxygen atoms in total. The lowest BCUT2D eigenvalue weighted by Crippen LogP contribution is -2.48. The molecule has 3 heterocycles. The number of ether oxygens (including phenoxy) is 1. The predicted octanol–water partition coefficient (Wildman–Crippen LogP) is 2.26. The largest absolute Gasteiger partial charge is 0.374 e. The summed E-state index contributed by atoms with van der Waals surface area (Å²) >= 11 is 1.93. The number of carbonyl (C=O) groups excluding carboxylic acids is 1. The van der Waals surface area contributed by atoms with Crippen LogP contribution in [0, 0.1) is 0 Å². The molecule has 1 aromatic carbocycles. The molecule has 1 amide bonds. The van der Waals surface area contributed by atoms with Crippen LogP contribution in [0.3, 0.4) is 0 Å². The Morgan fingerprint density at radius 1 is 1.33 bits per heavy atom. The lowest BCUT2D eigenvalue weighted by molar-refractivity contribution is -0.0688. The van der Waals surface area contributed by atoms with Crippen molar-refractivity contribution in [2.24, 2.45) is 0 Å². The maximum atomic E-state index is 12.7. The Kier molecular flexibility index (Phi) is 4.28. The van der Waals surface area contributed by atoms with Gasteiger partial charge in [-0.25, -0.2) is 0 Å². The zero-order valence-corrected chi connectivity index (χ0v) is 14.1. The average Bonchev–Trinajstić information content (AvgIpc) is 3.26. The third kappa shape index (κ3) is 3.06. The molecule has 0 radical (unpaired) electrons. The molecule has 126 valence electrons. The van der Waals surface area contributed by atoms with Gasteiger partial charge >= 0.3 is 0 Å². The Labute approximate surface area is 144 Å². The van der Waals surface area contributed by atoms with Gasteiger partial charge in [0.05, 0.1) is 5.60 Å². The van der Waals surface area contributed by atoms with E-state index in [1.165, 1.54) is 0 Å². The minimum Gasteiger partial charge on any atom is -0.374 e. The summed E-state index contributed by atoms with van der Waals surface area (Å²) in [5, 5.41) is 13.9. The Morgan fingerprint density at radius 3 is 3.00 bits per heavy atom. The van der Waals surface area contributed by atoms with Crippen molar-refractivity contribution in [2.75, 3.05) is 18.1 Å². The third-order valence-electron chi connectivity index (χ3n) is 4.71. The van der Waals surface area contributed by atoms with E-state index in [-0.39, 0.29) is 17.6 Å². The summed E-state index contributed by atoms with van der Waals surface area (Å²) < 4.78 is 6.02. The number of aromatic nitrogens is 3. The molecule has 2 aromatic rings. The second-order valence-corrected chi connectivity index (χ2v) is 7.49. The van der Waals surface area contributed by atoms with E-state index < -0.39 is 0 Å². The second-order valence-electron chi connectivity index (χ2n) is 6.38. The molecular weight excluding hydrogens is 324 g/mol. The first-order valence-electron chi connectivity index (χ1n) is 8.25. The molecule has 0 unspecified atom stereocenters. The van der Waals surface area contributed by atoms with Crippen molar-refractivity contribution in [3.63, 3.8) is 0 Å². The summed E-state index contributed by atoms with van der Waals surface area (Å²) in [6.07, 6.45) is 2.80. The van der Waals surface area contributed by atoms with Gasteiger partial charge in [-0.1, -0.05) is 30.3 Å². The first-order valence-corrected chi connectivity index (χ1v) is 9.40. The predicted molar refractivity (Wildman–Crippen MR) is 92.9 cm³/mol. The fraction of sp³-hybridized carbons (Fsp3) is 0.471. The van der Waals surface area contributed by atoms with Gasteiger partial charge in [0, 0.05) is 24.0 Å². The van der Waals surface area contributed by atoms with Crippen LogP contribution in [0.2, 0.25) is 0 Å². The number of thioether (sulfide) groups is 1. The molecule has 0 aliphatic carbocycles. The Balaban J connectivity index is 1.48. The molecule has 2 aliphatic rings. The van der Waals surface area contributed by atoms with Crippen LogP contribution in [-0.2, 0) is 4.74 Å². The molecular formula is C17H20N4O2S. The number of hydrogen-bond acceptors (Lipinski definition) is 5. The smallest absolute Gasteiger partial charge is 0.274 e. The van der Waals surface area contributed by atoms with E-state index in [0.29, 0.717) is 18.0 Å². The molecule has 4 rings (SSSR count). The summed E-state index contributed by atoms with van der Waals surface area (Å²) in [5.41, 5.74) is 1.77. The zero-order valence-electron chi connectivity index (χ0n) is 13.3. The highest BCUT2D eigenvalue weighted by Gasteiger charge is 2.41. The van der Waals surface area contributed by atoms with Crippen LogP contribution in [0.5, 0.6) is 0 Å². The molecule has 7 heteroatoms. The van der Waals surface area contributed by atoms with E-state index in [1.54, 1.807) is 0 Å². The van der Waals surface area contributed by atoms with Gasteiger partial charge in [-0.15, -0.1) is 0 Å². The van der Waals surface area contributed by atoms with Crippen molar-refractivity contribution in [3.8, 4) is 11.3 Å². The topological polar surface area (TPSA) is 79.9 Å². The number of benzene rings is 1. The summed E-state index contributed by atoms with van der Waals surface area (Å²) in [5.74, 6) is 2.00. The van der Waals surface area contributed by atoms with E-state index in [1.807, 2.05) is 42.1 Å². The maximum Gasteiger partial charge on any atom is 0.274 e. The van der Waals surface area contributed by atoms with E-state index in [0.717, 1.165) is 36.3 Å². The van der Waals surface area contributed by atoms with Gasteiger partial charge in [0.15, 0.2) is 5.69 Å². The minimum atomic E-state index is -0.171. The Morgan fingerprint density at radius 2 is 2.21 bits per heavy atom. The van der Waals surface area contributed by atoms with Gasteiger partial charge in [-0.2, -0.15) is 27.2 Å². The monoisotopic (exact) mass is 344 g/mol. The number of nitrogens with zero attached hydrogens (tertiary/aromatic N) is 2. The molecule has 1 spiro atoms. The first-order chi connectivity index (χ1) is 11.8. The van der Waals surface area contributed by atoms with Crippen LogP contribution >= 0.6 is 11.8 Å². The highest BCUT2D eigenvalue weighted by Crippen LogP contribution is 2.38. The Hall–Kier alpha value is -1.86. The number of carbonyl (C=O) groups is 1. The molecule has 2 fully saturated rings. The number of amides is 1.